The van der Waals surface area contributed by atoms with Crippen LogP contribution in [0.2, 0.25) is 10.0 Å². The van der Waals surface area contributed by atoms with E-state index < -0.39 is 0 Å². The SMILES string of the molecule is CCCc1cc(NCC)nc(-c2c(Cl)cccc2Cl)n1. The smallest absolute Gasteiger partial charge is 0.164 e. The molecule has 0 spiro atoms. The third-order valence-corrected chi connectivity index (χ3v) is 3.46. The maximum Gasteiger partial charge on any atom is 0.164 e. The average molecular weight is 310 g/mol. The Labute approximate surface area is 129 Å². The lowest BCUT2D eigenvalue weighted by atomic mass is 10.2. The third-order valence-electron chi connectivity index (χ3n) is 2.83. The van der Waals surface area contributed by atoms with E-state index in [2.05, 4.69) is 22.2 Å². The van der Waals surface area contributed by atoms with Crippen molar-refractivity contribution in [2.75, 3.05) is 11.9 Å². The molecule has 0 amide bonds. The lowest BCUT2D eigenvalue weighted by molar-refractivity contribution is 0.875. The second-order valence-corrected chi connectivity index (χ2v) is 5.26. The Morgan fingerprint density at radius 2 is 1.80 bits per heavy atom. The minimum atomic E-state index is 0.564. The monoisotopic (exact) mass is 309 g/mol. The molecule has 1 aromatic heterocycles. The lowest BCUT2D eigenvalue weighted by Crippen LogP contribution is -2.04. The van der Waals surface area contributed by atoms with E-state index in [0.29, 0.717) is 21.4 Å². The van der Waals surface area contributed by atoms with E-state index in [1.807, 2.05) is 19.1 Å². The number of hydrogen-bond acceptors (Lipinski definition) is 3. The van der Waals surface area contributed by atoms with Crippen molar-refractivity contribution >= 4 is 29.0 Å². The minimum Gasteiger partial charge on any atom is -0.370 e. The van der Waals surface area contributed by atoms with Gasteiger partial charge in [-0.3, -0.25) is 0 Å². The Hall–Kier alpha value is -1.32. The van der Waals surface area contributed by atoms with Gasteiger partial charge in [-0.15, -0.1) is 0 Å². The highest BCUT2D eigenvalue weighted by atomic mass is 35.5. The fourth-order valence-corrected chi connectivity index (χ4v) is 2.54. The molecule has 0 radical (unpaired) electrons. The molecule has 5 heteroatoms. The molecule has 1 heterocycles. The predicted molar refractivity (Wildman–Crippen MR) is 85.6 cm³/mol. The molecule has 0 saturated heterocycles. The lowest BCUT2D eigenvalue weighted by Gasteiger charge is -2.10. The molecule has 106 valence electrons. The number of halogens is 2. The molecule has 1 N–H and O–H groups in total. The van der Waals surface area contributed by atoms with E-state index in [4.69, 9.17) is 23.2 Å². The van der Waals surface area contributed by atoms with Crippen LogP contribution in [0.5, 0.6) is 0 Å². The molecule has 0 saturated carbocycles. The van der Waals surface area contributed by atoms with Gasteiger partial charge in [0.2, 0.25) is 0 Å². The summed E-state index contributed by atoms with van der Waals surface area (Å²) in [7, 11) is 0. The maximum absolute atomic E-state index is 6.24. The van der Waals surface area contributed by atoms with E-state index in [9.17, 15) is 0 Å². The van der Waals surface area contributed by atoms with E-state index in [1.165, 1.54) is 0 Å². The van der Waals surface area contributed by atoms with Crippen LogP contribution in [0.15, 0.2) is 24.3 Å². The highest BCUT2D eigenvalue weighted by Gasteiger charge is 2.13. The number of benzene rings is 1. The first-order chi connectivity index (χ1) is 9.65. The topological polar surface area (TPSA) is 37.8 Å². The van der Waals surface area contributed by atoms with Gasteiger partial charge in [-0.05, 0) is 25.5 Å². The van der Waals surface area contributed by atoms with Crippen molar-refractivity contribution in [3.8, 4) is 11.4 Å². The summed E-state index contributed by atoms with van der Waals surface area (Å²) < 4.78 is 0. The first kappa shape index (κ1) is 15.1. The largest absolute Gasteiger partial charge is 0.370 e. The zero-order valence-corrected chi connectivity index (χ0v) is 13.1. The number of rotatable bonds is 5. The molecule has 0 unspecified atom stereocenters. The van der Waals surface area contributed by atoms with Crippen LogP contribution in [0, 0.1) is 0 Å². The van der Waals surface area contributed by atoms with E-state index in [-0.39, 0.29) is 0 Å². The van der Waals surface area contributed by atoms with Gasteiger partial charge in [-0.1, -0.05) is 42.6 Å². The summed E-state index contributed by atoms with van der Waals surface area (Å²) in [5.74, 6) is 1.37. The quantitative estimate of drug-likeness (QED) is 0.859. The number of nitrogens with one attached hydrogen (secondary N) is 1. The zero-order valence-electron chi connectivity index (χ0n) is 11.6. The molecule has 20 heavy (non-hydrogen) atoms. The summed E-state index contributed by atoms with van der Waals surface area (Å²) in [6.45, 7) is 4.96. The van der Waals surface area contributed by atoms with Gasteiger partial charge >= 0.3 is 0 Å². The van der Waals surface area contributed by atoms with E-state index in [1.54, 1.807) is 12.1 Å². The molecular weight excluding hydrogens is 293 g/mol. The van der Waals surface area contributed by atoms with Crippen molar-refractivity contribution < 1.29 is 0 Å². The van der Waals surface area contributed by atoms with E-state index >= 15 is 0 Å². The first-order valence-electron chi connectivity index (χ1n) is 6.72. The van der Waals surface area contributed by atoms with Crippen LogP contribution in [0.1, 0.15) is 26.0 Å². The van der Waals surface area contributed by atoms with Gasteiger partial charge in [0.1, 0.15) is 5.82 Å². The molecule has 0 aliphatic rings. The minimum absolute atomic E-state index is 0.564. The number of anilines is 1. The molecule has 0 fully saturated rings. The number of hydrogen-bond donors (Lipinski definition) is 1. The second kappa shape index (κ2) is 6.91. The van der Waals surface area contributed by atoms with Gasteiger partial charge in [-0.2, -0.15) is 0 Å². The first-order valence-corrected chi connectivity index (χ1v) is 7.47. The highest BCUT2D eigenvalue weighted by molar-refractivity contribution is 6.38. The Bertz CT molecular complexity index is 555. The fraction of sp³-hybridized carbons (Fsp3) is 0.333. The van der Waals surface area contributed by atoms with Gasteiger partial charge in [-0.25, -0.2) is 9.97 Å². The molecule has 0 aliphatic heterocycles. The van der Waals surface area contributed by atoms with Gasteiger partial charge in [0.15, 0.2) is 5.82 Å². The number of aromatic nitrogens is 2. The Kier molecular flexibility index (Phi) is 5.21. The summed E-state index contributed by atoms with van der Waals surface area (Å²) in [4.78, 5) is 9.08. The standard InChI is InChI=1S/C15H17Cl2N3/c1-3-6-10-9-13(18-4-2)20-15(19-10)14-11(16)7-5-8-12(14)17/h5,7-9H,3-4,6H2,1-2H3,(H,18,19,20). The van der Waals surface area contributed by atoms with Crippen molar-refractivity contribution in [1.29, 1.82) is 0 Å². The van der Waals surface area contributed by atoms with Crippen molar-refractivity contribution in [2.24, 2.45) is 0 Å². The van der Waals surface area contributed by atoms with Gasteiger partial charge in [0, 0.05) is 18.3 Å². The Morgan fingerprint density at radius 3 is 2.40 bits per heavy atom. The summed E-state index contributed by atoms with van der Waals surface area (Å²) in [5.41, 5.74) is 1.68. The maximum atomic E-state index is 6.24. The van der Waals surface area contributed by atoms with Crippen molar-refractivity contribution in [1.82, 2.24) is 9.97 Å². The molecule has 3 nitrogen and oxygen atoms in total. The normalized spacial score (nSPS) is 10.6. The molecule has 1 aromatic carbocycles. The van der Waals surface area contributed by atoms with E-state index in [0.717, 1.165) is 30.9 Å². The Balaban J connectivity index is 2.54. The van der Waals surface area contributed by atoms with Crippen LogP contribution < -0.4 is 5.32 Å². The van der Waals surface area contributed by atoms with Gasteiger partial charge < -0.3 is 5.32 Å². The van der Waals surface area contributed by atoms with Crippen LogP contribution in [-0.2, 0) is 6.42 Å². The van der Waals surface area contributed by atoms with Crippen molar-refractivity contribution in [3.63, 3.8) is 0 Å². The molecule has 2 rings (SSSR count). The summed E-state index contributed by atoms with van der Waals surface area (Å²) in [6, 6.07) is 7.38. The molecule has 0 aliphatic carbocycles. The predicted octanol–water partition coefficient (Wildman–Crippen LogP) is 4.83. The number of nitrogens with zero attached hydrogens (tertiary/aromatic N) is 2. The fourth-order valence-electron chi connectivity index (χ4n) is 1.98. The highest BCUT2D eigenvalue weighted by Crippen LogP contribution is 2.33. The van der Waals surface area contributed by atoms with Crippen LogP contribution in [0.25, 0.3) is 11.4 Å². The summed E-state index contributed by atoms with van der Waals surface area (Å²) >= 11 is 12.5. The summed E-state index contributed by atoms with van der Waals surface area (Å²) in [5, 5.41) is 4.35. The molecular formula is C15H17Cl2N3. The van der Waals surface area contributed by atoms with Crippen molar-refractivity contribution in [2.45, 2.75) is 26.7 Å². The second-order valence-electron chi connectivity index (χ2n) is 4.45. The Morgan fingerprint density at radius 1 is 1.10 bits per heavy atom. The molecule has 2 aromatic rings. The van der Waals surface area contributed by atoms with Gasteiger partial charge in [0.05, 0.1) is 15.6 Å². The average Bonchev–Trinajstić information content (AvgIpc) is 2.39. The number of aryl methyl sites for hydroxylation is 1. The summed E-state index contributed by atoms with van der Waals surface area (Å²) in [6.07, 6.45) is 1.92. The molecule has 0 atom stereocenters. The van der Waals surface area contributed by atoms with Crippen LogP contribution in [0.3, 0.4) is 0 Å². The molecule has 0 bridgehead atoms. The van der Waals surface area contributed by atoms with Crippen LogP contribution in [-0.4, -0.2) is 16.5 Å². The van der Waals surface area contributed by atoms with Crippen LogP contribution in [0.4, 0.5) is 5.82 Å². The van der Waals surface area contributed by atoms with Crippen molar-refractivity contribution in [3.05, 3.63) is 40.0 Å². The van der Waals surface area contributed by atoms with Gasteiger partial charge in [0.25, 0.3) is 0 Å². The third kappa shape index (κ3) is 3.41. The zero-order chi connectivity index (χ0) is 14.5. The van der Waals surface area contributed by atoms with Crippen LogP contribution >= 0.6 is 23.2 Å².